The molecule has 46 heavy (non-hydrogen) atoms. The molecule has 14 heteroatoms. The van der Waals surface area contributed by atoms with Gasteiger partial charge in [-0.25, -0.2) is 4.79 Å². The topological polar surface area (TPSA) is 175 Å². The highest BCUT2D eigenvalue weighted by atomic mass is 32.1. The van der Waals surface area contributed by atoms with Gasteiger partial charge in [0, 0.05) is 46.5 Å². The second kappa shape index (κ2) is 13.8. The van der Waals surface area contributed by atoms with Crippen LogP contribution in [-0.2, 0) is 28.7 Å². The van der Waals surface area contributed by atoms with Crippen LogP contribution in [0.2, 0.25) is 0 Å². The van der Waals surface area contributed by atoms with Gasteiger partial charge in [-0.05, 0) is 50.1 Å². The molecule has 0 radical (unpaired) electrons. The van der Waals surface area contributed by atoms with Gasteiger partial charge in [-0.1, -0.05) is 23.4 Å². The molecule has 2 aliphatic rings. The summed E-state index contributed by atoms with van der Waals surface area (Å²) in [5.41, 5.74) is 10.6. The van der Waals surface area contributed by atoms with Gasteiger partial charge < -0.3 is 35.6 Å². The minimum atomic E-state index is -1.08. The molecular formula is C32H36N6O7S. The lowest BCUT2D eigenvalue weighted by Crippen LogP contribution is -2.49. The highest BCUT2D eigenvalue weighted by Crippen LogP contribution is 2.35. The summed E-state index contributed by atoms with van der Waals surface area (Å²) in [6, 6.07) is 9.47. The first-order valence-corrected chi connectivity index (χ1v) is 15.6. The molecule has 13 nitrogen and oxygen atoms in total. The second-order valence-corrected chi connectivity index (χ2v) is 12.3. The third kappa shape index (κ3) is 7.41. The number of hydrogen-bond acceptors (Lipinski definition) is 10. The molecule has 1 aromatic carbocycles. The Balaban J connectivity index is 1.22. The molecule has 2 aliphatic heterocycles. The summed E-state index contributed by atoms with van der Waals surface area (Å²) >= 11 is 1.34. The summed E-state index contributed by atoms with van der Waals surface area (Å²) in [6.45, 7) is 7.43. The first-order valence-electron chi connectivity index (χ1n) is 14.7. The average molecular weight is 649 g/mol. The molecule has 2 aromatic heterocycles. The minimum absolute atomic E-state index is 0.0256. The molecule has 5 rings (SSSR count). The Morgan fingerprint density at radius 3 is 2.54 bits per heavy atom. The Labute approximate surface area is 270 Å². The van der Waals surface area contributed by atoms with Crippen LogP contribution in [0.5, 0.6) is 0 Å². The predicted molar refractivity (Wildman–Crippen MR) is 170 cm³/mol. The molecule has 0 unspecified atom stereocenters. The number of aryl methyl sites for hydroxylation is 2. The zero-order valence-electron chi connectivity index (χ0n) is 26.0. The standard InChI is InChI=1S/C32H36N6O7S/c1-18-11-19(2)28(34-14-18)22-5-7-23(8-6-22)30(41)35-15-27(40)38-17-32(43-9-10-44-32)13-25(38)31(42)36-20(3)26-12-24(16-46-26)29(33)37-45-21(4)39/h5-8,11-12,14,16,20,25H,9-10,13,15,17H2,1-4H3,(H2,33,37)(H,35,41)(H,36,42)/t20-,25+/m1/s1. The van der Waals surface area contributed by atoms with E-state index in [2.05, 4.69) is 25.6 Å². The van der Waals surface area contributed by atoms with Gasteiger partial charge in [-0.2, -0.15) is 0 Å². The Bertz CT molecular complexity index is 1670. The van der Waals surface area contributed by atoms with Gasteiger partial charge in [0.05, 0.1) is 38.0 Å². The normalized spacial score (nSPS) is 18.0. The summed E-state index contributed by atoms with van der Waals surface area (Å²) in [4.78, 5) is 62.2. The van der Waals surface area contributed by atoms with Gasteiger partial charge in [0.1, 0.15) is 6.04 Å². The van der Waals surface area contributed by atoms with E-state index >= 15 is 0 Å². The van der Waals surface area contributed by atoms with E-state index in [4.69, 9.17) is 15.2 Å². The molecule has 4 N–H and O–H groups in total. The van der Waals surface area contributed by atoms with E-state index in [0.29, 0.717) is 24.3 Å². The Morgan fingerprint density at radius 2 is 1.87 bits per heavy atom. The average Bonchev–Trinajstić information content (AvgIpc) is 3.79. The van der Waals surface area contributed by atoms with Gasteiger partial charge in [-0.15, -0.1) is 11.3 Å². The van der Waals surface area contributed by atoms with Crippen molar-refractivity contribution in [1.29, 1.82) is 0 Å². The van der Waals surface area contributed by atoms with E-state index in [0.717, 1.165) is 27.3 Å². The molecule has 4 heterocycles. The number of nitrogens with two attached hydrogens (primary N) is 1. The Kier molecular flexibility index (Phi) is 9.79. The molecule has 2 saturated heterocycles. The number of rotatable bonds is 9. The number of nitrogens with one attached hydrogen (secondary N) is 2. The molecule has 242 valence electrons. The van der Waals surface area contributed by atoms with Crippen LogP contribution in [0.1, 0.15) is 58.2 Å². The number of nitrogens with zero attached hydrogens (tertiary/aromatic N) is 3. The molecule has 2 atom stereocenters. The maximum Gasteiger partial charge on any atom is 0.332 e. The number of carbonyl (C=O) groups is 4. The molecule has 1 spiro atoms. The largest absolute Gasteiger partial charge is 0.380 e. The summed E-state index contributed by atoms with van der Waals surface area (Å²) in [6.07, 6.45) is 1.95. The van der Waals surface area contributed by atoms with Crippen LogP contribution in [0.15, 0.2) is 53.1 Å². The van der Waals surface area contributed by atoms with Crippen molar-refractivity contribution in [2.45, 2.75) is 52.0 Å². The van der Waals surface area contributed by atoms with E-state index < -0.39 is 41.6 Å². The van der Waals surface area contributed by atoms with Crippen LogP contribution in [0.3, 0.4) is 0 Å². The summed E-state index contributed by atoms with van der Waals surface area (Å²) < 4.78 is 11.7. The molecule has 0 aliphatic carbocycles. The fourth-order valence-corrected chi connectivity index (χ4v) is 6.37. The van der Waals surface area contributed by atoms with E-state index in [9.17, 15) is 19.2 Å². The number of hydrogen-bond donors (Lipinski definition) is 3. The maximum absolute atomic E-state index is 13.5. The van der Waals surface area contributed by atoms with Crippen molar-refractivity contribution < 1.29 is 33.5 Å². The van der Waals surface area contributed by atoms with Crippen molar-refractivity contribution in [3.63, 3.8) is 0 Å². The van der Waals surface area contributed by atoms with Crippen LogP contribution < -0.4 is 16.4 Å². The first-order chi connectivity index (χ1) is 21.9. The van der Waals surface area contributed by atoms with E-state index in [1.54, 1.807) is 36.7 Å². The SMILES string of the molecule is CC(=O)O/N=C(\N)c1csc([C@@H](C)NC(=O)[C@@H]2CC3(CN2C(=O)CNC(=O)c2ccc(-c4ncc(C)cc4C)cc2)OCCO3)c1. The zero-order valence-corrected chi connectivity index (χ0v) is 26.8. The first kappa shape index (κ1) is 32.7. The van der Waals surface area contributed by atoms with E-state index in [1.165, 1.54) is 23.2 Å². The number of ether oxygens (including phenoxy) is 2. The van der Waals surface area contributed by atoms with Crippen molar-refractivity contribution in [3.05, 3.63) is 75.1 Å². The maximum atomic E-state index is 13.5. The fraction of sp³-hybridized carbons (Fsp3) is 0.375. The molecular weight excluding hydrogens is 612 g/mol. The van der Waals surface area contributed by atoms with Crippen molar-refractivity contribution in [2.75, 3.05) is 26.3 Å². The van der Waals surface area contributed by atoms with Crippen LogP contribution in [0.4, 0.5) is 0 Å². The third-order valence-corrected chi connectivity index (χ3v) is 8.85. The lowest BCUT2D eigenvalue weighted by Gasteiger charge is -2.25. The number of oxime groups is 1. The molecule has 2 fully saturated rings. The van der Waals surface area contributed by atoms with Crippen molar-refractivity contribution in [1.82, 2.24) is 20.5 Å². The zero-order chi connectivity index (χ0) is 33.0. The number of aromatic nitrogens is 1. The Morgan fingerprint density at radius 1 is 1.15 bits per heavy atom. The van der Waals surface area contributed by atoms with Crippen molar-refractivity contribution >= 4 is 40.9 Å². The van der Waals surface area contributed by atoms with E-state index in [-0.39, 0.29) is 25.3 Å². The molecule has 3 amide bonds. The highest BCUT2D eigenvalue weighted by Gasteiger charge is 2.52. The van der Waals surface area contributed by atoms with E-state index in [1.807, 2.05) is 32.0 Å². The smallest absolute Gasteiger partial charge is 0.332 e. The number of pyridine rings is 1. The van der Waals surface area contributed by atoms with Crippen LogP contribution in [0, 0.1) is 13.8 Å². The summed E-state index contributed by atoms with van der Waals surface area (Å²) in [5, 5.41) is 11.0. The number of thiophene rings is 1. The van der Waals surface area contributed by atoms with Crippen LogP contribution >= 0.6 is 11.3 Å². The lowest BCUT2D eigenvalue weighted by molar-refractivity contribution is -0.152. The van der Waals surface area contributed by atoms with Gasteiger partial charge >= 0.3 is 5.97 Å². The van der Waals surface area contributed by atoms with Gasteiger partial charge in [0.2, 0.25) is 11.8 Å². The predicted octanol–water partition coefficient (Wildman–Crippen LogP) is 2.56. The lowest BCUT2D eigenvalue weighted by atomic mass is 10.0. The number of benzene rings is 1. The monoisotopic (exact) mass is 648 g/mol. The molecule has 0 bridgehead atoms. The number of amides is 3. The third-order valence-electron chi connectivity index (χ3n) is 7.74. The Hall–Kier alpha value is -4.66. The van der Waals surface area contributed by atoms with Gasteiger partial charge in [0.25, 0.3) is 5.91 Å². The van der Waals surface area contributed by atoms with Crippen molar-refractivity contribution in [2.24, 2.45) is 10.9 Å². The van der Waals surface area contributed by atoms with Gasteiger partial charge in [0.15, 0.2) is 11.6 Å². The van der Waals surface area contributed by atoms with Crippen molar-refractivity contribution in [3.8, 4) is 11.3 Å². The highest BCUT2D eigenvalue weighted by molar-refractivity contribution is 7.10. The minimum Gasteiger partial charge on any atom is -0.380 e. The second-order valence-electron chi connectivity index (χ2n) is 11.3. The number of amidine groups is 1. The number of likely N-dealkylation sites (tertiary alicyclic amines) is 1. The fourth-order valence-electron chi connectivity index (χ4n) is 5.46. The molecule has 3 aromatic rings. The number of carbonyl (C=O) groups excluding carboxylic acids is 4. The molecule has 0 saturated carbocycles. The quantitative estimate of drug-likeness (QED) is 0.136. The van der Waals surface area contributed by atoms with Gasteiger partial charge in [-0.3, -0.25) is 19.4 Å². The summed E-state index contributed by atoms with van der Waals surface area (Å²) in [5.74, 6) is -2.91. The van der Waals surface area contributed by atoms with Crippen LogP contribution in [0.25, 0.3) is 11.3 Å². The van der Waals surface area contributed by atoms with Crippen LogP contribution in [-0.4, -0.2) is 77.5 Å². The summed E-state index contributed by atoms with van der Waals surface area (Å²) in [7, 11) is 0.